The second-order valence-electron chi connectivity index (χ2n) is 14.9. The van der Waals surface area contributed by atoms with Gasteiger partial charge < -0.3 is 45.1 Å². The lowest BCUT2D eigenvalue weighted by molar-refractivity contribution is -0.158. The quantitative estimate of drug-likeness (QED) is 0.0516. The molecule has 0 saturated carbocycles. The van der Waals surface area contributed by atoms with Crippen molar-refractivity contribution in [2.75, 3.05) is 33.9 Å². The minimum atomic E-state index is -1.57. The number of amides is 4. The number of unbranched alkanes of at least 4 members (excludes halogenated alkanes) is 2. The average molecular weight is 785 g/mol. The zero-order valence-electron chi connectivity index (χ0n) is 33.8. The number of aliphatic hydroxyl groups excluding tert-OH is 2. The van der Waals surface area contributed by atoms with E-state index >= 15 is 0 Å². The highest BCUT2D eigenvalue weighted by molar-refractivity contribution is 5.89. The molecular formula is C38H64N4O13. The van der Waals surface area contributed by atoms with Crippen LogP contribution in [0.15, 0.2) is 25.3 Å². The molecule has 0 aliphatic carbocycles. The van der Waals surface area contributed by atoms with Gasteiger partial charge in [-0.15, -0.1) is 13.2 Å². The van der Waals surface area contributed by atoms with Crippen molar-refractivity contribution >= 4 is 41.7 Å². The first-order valence-electron chi connectivity index (χ1n) is 18.4. The van der Waals surface area contributed by atoms with Crippen LogP contribution in [0.1, 0.15) is 99.3 Å². The van der Waals surface area contributed by atoms with Crippen molar-refractivity contribution in [1.29, 1.82) is 0 Å². The fraction of sp³-hybridized carbons (Fsp3) is 0.711. The Morgan fingerprint density at radius 1 is 0.764 bits per heavy atom. The first-order chi connectivity index (χ1) is 25.6. The van der Waals surface area contributed by atoms with E-state index < -0.39 is 89.7 Å². The van der Waals surface area contributed by atoms with Gasteiger partial charge in [-0.3, -0.25) is 33.7 Å². The molecule has 5 atom stereocenters. The predicted molar refractivity (Wildman–Crippen MR) is 202 cm³/mol. The minimum absolute atomic E-state index is 0.0821. The molecule has 1 heterocycles. The third-order valence-electron chi connectivity index (χ3n) is 7.90. The zero-order chi connectivity index (χ0) is 42.4. The summed E-state index contributed by atoms with van der Waals surface area (Å²) >= 11 is 0. The normalized spacial score (nSPS) is 16.0. The van der Waals surface area contributed by atoms with Crippen LogP contribution in [0.2, 0.25) is 0 Å². The minimum Gasteiger partial charge on any atom is -0.468 e. The molecule has 0 bridgehead atoms. The number of nitrogens with zero attached hydrogens (tertiary/aromatic N) is 1. The maximum Gasteiger partial charge on any atom is 0.410 e. The number of carbonyl (C=O) groups excluding carboxylic acids is 7. The van der Waals surface area contributed by atoms with Gasteiger partial charge in [0.25, 0.3) is 5.91 Å². The average Bonchev–Trinajstić information content (AvgIpc) is 3.61. The van der Waals surface area contributed by atoms with Gasteiger partial charge in [0.2, 0.25) is 11.8 Å². The van der Waals surface area contributed by atoms with Crippen molar-refractivity contribution < 1.29 is 62.7 Å². The summed E-state index contributed by atoms with van der Waals surface area (Å²) in [7, 11) is 2.38. The predicted octanol–water partition coefficient (Wildman–Crippen LogP) is 2.22. The number of likely N-dealkylation sites (tertiary alicyclic amines) is 1. The van der Waals surface area contributed by atoms with Crippen molar-refractivity contribution in [2.45, 2.75) is 135 Å². The molecule has 0 aromatic carbocycles. The fourth-order valence-electron chi connectivity index (χ4n) is 5.21. The lowest BCUT2D eigenvalue weighted by atomic mass is 9.91. The van der Waals surface area contributed by atoms with Crippen LogP contribution in [0.3, 0.4) is 0 Å². The summed E-state index contributed by atoms with van der Waals surface area (Å²) in [6.45, 7) is 17.4. The molecule has 0 spiro atoms. The number of ether oxygens (including phenoxy) is 4. The summed E-state index contributed by atoms with van der Waals surface area (Å²) in [4.78, 5) is 85.2. The van der Waals surface area contributed by atoms with Gasteiger partial charge in [-0.1, -0.05) is 12.2 Å². The Bertz CT molecular complexity index is 1290. The van der Waals surface area contributed by atoms with E-state index in [4.69, 9.17) is 9.47 Å². The van der Waals surface area contributed by atoms with Crippen LogP contribution in [0.5, 0.6) is 0 Å². The first-order valence-corrected chi connectivity index (χ1v) is 18.4. The molecule has 1 aliphatic rings. The van der Waals surface area contributed by atoms with Crippen LogP contribution in [-0.4, -0.2) is 126 Å². The third-order valence-corrected chi connectivity index (χ3v) is 7.90. The van der Waals surface area contributed by atoms with Crippen LogP contribution >= 0.6 is 0 Å². The molecule has 1 rings (SSSR count). The summed E-state index contributed by atoms with van der Waals surface area (Å²) in [6, 6.07) is -1.65. The van der Waals surface area contributed by atoms with E-state index in [-0.39, 0.29) is 13.0 Å². The number of allylic oxidation sites excluding steroid dienone is 2. The maximum atomic E-state index is 12.9. The van der Waals surface area contributed by atoms with Crippen molar-refractivity contribution in [3.63, 3.8) is 0 Å². The number of aliphatic hydroxyl groups is 2. The SMILES string of the molecule is C=CCCC[C@H](CC(=O)OC(C)(C)C)C(O)C(=O)NCC(=O)OC.C=CCCC[C@H](NC(=O)[C@@H]1CCCN1C(=O)OC(C)(C)C)C(O)C(=O)NCC(=O)OC. The van der Waals surface area contributed by atoms with Gasteiger partial charge in [-0.25, -0.2) is 4.79 Å². The summed E-state index contributed by atoms with van der Waals surface area (Å²) < 4.78 is 19.5. The topological polar surface area (TPSA) is 236 Å². The van der Waals surface area contributed by atoms with Gasteiger partial charge in [0.15, 0.2) is 6.10 Å². The lowest BCUT2D eigenvalue weighted by Gasteiger charge is -2.30. The highest BCUT2D eigenvalue weighted by Crippen LogP contribution is 2.23. The number of hydrogen-bond donors (Lipinski definition) is 5. The third kappa shape index (κ3) is 21.8. The number of hydrogen-bond acceptors (Lipinski definition) is 13. The van der Waals surface area contributed by atoms with E-state index in [1.165, 1.54) is 19.1 Å². The van der Waals surface area contributed by atoms with E-state index in [1.54, 1.807) is 53.7 Å². The Kier molecular flexibility index (Phi) is 23.5. The Balaban J connectivity index is 0.00000110. The van der Waals surface area contributed by atoms with Gasteiger partial charge in [0.05, 0.1) is 26.7 Å². The van der Waals surface area contributed by atoms with Gasteiger partial charge in [-0.2, -0.15) is 0 Å². The summed E-state index contributed by atoms with van der Waals surface area (Å²) in [5.41, 5.74) is -1.33. The van der Waals surface area contributed by atoms with Crippen molar-refractivity contribution in [2.24, 2.45) is 5.92 Å². The van der Waals surface area contributed by atoms with Crippen LogP contribution in [-0.2, 0) is 47.7 Å². The van der Waals surface area contributed by atoms with Crippen molar-refractivity contribution in [3.8, 4) is 0 Å². The molecule has 5 N–H and O–H groups in total. The van der Waals surface area contributed by atoms with Crippen LogP contribution in [0.25, 0.3) is 0 Å². The van der Waals surface area contributed by atoms with E-state index in [1.807, 2.05) is 0 Å². The van der Waals surface area contributed by atoms with Crippen LogP contribution in [0.4, 0.5) is 4.79 Å². The van der Waals surface area contributed by atoms with Crippen molar-refractivity contribution in [3.05, 3.63) is 25.3 Å². The smallest absolute Gasteiger partial charge is 0.410 e. The highest BCUT2D eigenvalue weighted by atomic mass is 16.6. The highest BCUT2D eigenvalue weighted by Gasteiger charge is 2.39. The number of esters is 3. The molecule has 55 heavy (non-hydrogen) atoms. The van der Waals surface area contributed by atoms with Gasteiger partial charge >= 0.3 is 24.0 Å². The molecule has 0 radical (unpaired) electrons. The van der Waals surface area contributed by atoms with Gasteiger partial charge in [0, 0.05) is 12.5 Å². The van der Waals surface area contributed by atoms with E-state index in [0.29, 0.717) is 57.9 Å². The lowest BCUT2D eigenvalue weighted by Crippen LogP contribution is -2.55. The number of nitrogens with one attached hydrogen (secondary N) is 3. The zero-order valence-corrected chi connectivity index (χ0v) is 33.8. The summed E-state index contributed by atoms with van der Waals surface area (Å²) in [5, 5.41) is 28.0. The molecule has 2 unspecified atom stereocenters. The molecule has 1 aliphatic heterocycles. The van der Waals surface area contributed by atoms with Crippen LogP contribution < -0.4 is 16.0 Å². The maximum absolute atomic E-state index is 12.9. The standard InChI is InChI=1S/C21H35N3O7.C17H29NO6/c1-6-7-8-10-14(17(26)19(28)22-13-16(25)30-5)23-18(27)15-11-9-12-24(15)20(29)31-21(2,3)4;1-6-7-8-9-12(10-13(19)24-17(2,3)4)15(21)16(22)18-11-14(20)23-5/h6,14-15,17,26H,1,7-13H2,2-5H3,(H,22,28)(H,23,27);6,12,15,21H,1,7-11H2,2-5H3,(H,18,22)/t14-,15-,17?;12-,15?/m01/s1. The first kappa shape index (κ1) is 50.5. The Labute approximate surface area is 324 Å². The Hall–Kier alpha value is -4.51. The monoisotopic (exact) mass is 784 g/mol. The Morgan fingerprint density at radius 3 is 1.73 bits per heavy atom. The molecule has 0 aromatic rings. The van der Waals surface area contributed by atoms with Gasteiger partial charge in [0.1, 0.15) is 36.4 Å². The molecule has 0 aromatic heterocycles. The molecule has 17 nitrogen and oxygen atoms in total. The molecular weight excluding hydrogens is 720 g/mol. The van der Waals surface area contributed by atoms with Crippen molar-refractivity contribution in [1.82, 2.24) is 20.9 Å². The number of methoxy groups -OCH3 is 2. The Morgan fingerprint density at radius 2 is 1.25 bits per heavy atom. The van der Waals surface area contributed by atoms with Crippen LogP contribution in [0, 0.1) is 5.92 Å². The van der Waals surface area contributed by atoms with E-state index in [9.17, 15) is 43.8 Å². The summed E-state index contributed by atoms with van der Waals surface area (Å²) in [5.74, 6) is -4.34. The fourth-order valence-corrected chi connectivity index (χ4v) is 5.21. The second kappa shape index (κ2) is 25.5. The molecule has 1 fully saturated rings. The van der Waals surface area contributed by atoms with Gasteiger partial charge in [-0.05, 0) is 92.9 Å². The summed E-state index contributed by atoms with van der Waals surface area (Å²) in [6.07, 6.45) is 4.25. The van der Waals surface area contributed by atoms with E-state index in [0.717, 1.165) is 0 Å². The second-order valence-corrected chi connectivity index (χ2v) is 14.9. The number of rotatable bonds is 20. The largest absolute Gasteiger partial charge is 0.468 e. The molecule has 17 heteroatoms. The molecule has 314 valence electrons. The molecule has 1 saturated heterocycles. The van der Waals surface area contributed by atoms with E-state index in [2.05, 4.69) is 38.6 Å². The number of carbonyl (C=O) groups is 7. The molecule has 4 amide bonds.